The van der Waals surface area contributed by atoms with E-state index in [0.717, 1.165) is 5.92 Å². The van der Waals surface area contributed by atoms with Crippen LogP contribution in [0.15, 0.2) is 24.3 Å². The van der Waals surface area contributed by atoms with Crippen LogP contribution in [0.3, 0.4) is 0 Å². The molecule has 3 unspecified atom stereocenters. The molecule has 2 bridgehead atoms. The molecule has 1 heteroatoms. The van der Waals surface area contributed by atoms with Crippen molar-refractivity contribution < 1.29 is 0 Å². The van der Waals surface area contributed by atoms with Crippen molar-refractivity contribution in [3.8, 4) is 0 Å². The Morgan fingerprint density at radius 1 is 1.20 bits per heavy atom. The standard InChI is InChI=1S/C19H29N/c1-5-8-14-9-6-7-10-16(14)20-17-18(2,3)15-11-12-19(17,4)13-15/h6-7,9-10,15,17,20H,5,8,11-13H2,1-4H3. The molecule has 2 aliphatic carbocycles. The van der Waals surface area contributed by atoms with Crippen molar-refractivity contribution in [2.75, 3.05) is 5.32 Å². The van der Waals surface area contributed by atoms with Crippen LogP contribution in [0.5, 0.6) is 0 Å². The Morgan fingerprint density at radius 2 is 1.95 bits per heavy atom. The summed E-state index contributed by atoms with van der Waals surface area (Å²) < 4.78 is 0. The smallest absolute Gasteiger partial charge is 0.0375 e. The minimum Gasteiger partial charge on any atom is -0.381 e. The molecular formula is C19H29N. The minimum atomic E-state index is 0.423. The number of hydrogen-bond acceptors (Lipinski definition) is 1. The van der Waals surface area contributed by atoms with Gasteiger partial charge in [-0.05, 0) is 54.1 Å². The van der Waals surface area contributed by atoms with Crippen LogP contribution in [-0.2, 0) is 6.42 Å². The highest BCUT2D eigenvalue weighted by Crippen LogP contribution is 2.63. The Morgan fingerprint density at radius 3 is 2.60 bits per heavy atom. The van der Waals surface area contributed by atoms with Gasteiger partial charge < -0.3 is 5.32 Å². The second-order valence-electron chi connectivity index (χ2n) is 7.90. The molecule has 3 atom stereocenters. The van der Waals surface area contributed by atoms with E-state index in [0.29, 0.717) is 16.9 Å². The van der Waals surface area contributed by atoms with Gasteiger partial charge in [0, 0.05) is 11.7 Å². The highest BCUT2D eigenvalue weighted by atomic mass is 15.0. The first kappa shape index (κ1) is 14.0. The van der Waals surface area contributed by atoms with Crippen molar-refractivity contribution >= 4 is 5.69 Å². The lowest BCUT2D eigenvalue weighted by Gasteiger charge is -2.44. The first-order chi connectivity index (χ1) is 9.47. The molecule has 110 valence electrons. The number of hydrogen-bond donors (Lipinski definition) is 1. The summed E-state index contributed by atoms with van der Waals surface area (Å²) in [5.41, 5.74) is 3.78. The molecule has 0 amide bonds. The van der Waals surface area contributed by atoms with E-state index in [2.05, 4.69) is 57.3 Å². The maximum atomic E-state index is 3.96. The molecule has 3 rings (SSSR count). The molecule has 1 nitrogen and oxygen atoms in total. The molecule has 2 saturated carbocycles. The summed E-state index contributed by atoms with van der Waals surface area (Å²) in [7, 11) is 0. The lowest BCUT2D eigenvalue weighted by molar-refractivity contribution is 0.155. The molecule has 1 aromatic carbocycles. The van der Waals surface area contributed by atoms with Gasteiger partial charge in [0.2, 0.25) is 0 Å². The van der Waals surface area contributed by atoms with Crippen LogP contribution in [0.2, 0.25) is 0 Å². The van der Waals surface area contributed by atoms with Gasteiger partial charge in [-0.15, -0.1) is 0 Å². The predicted octanol–water partition coefficient (Wildman–Crippen LogP) is 5.27. The Hall–Kier alpha value is -0.980. The van der Waals surface area contributed by atoms with E-state index in [4.69, 9.17) is 0 Å². The van der Waals surface area contributed by atoms with Crippen molar-refractivity contribution in [3.63, 3.8) is 0 Å². The zero-order valence-electron chi connectivity index (χ0n) is 13.5. The van der Waals surface area contributed by atoms with Crippen LogP contribution >= 0.6 is 0 Å². The lowest BCUT2D eigenvalue weighted by atomic mass is 9.68. The van der Waals surface area contributed by atoms with Crippen LogP contribution in [0.1, 0.15) is 58.9 Å². The number of nitrogens with one attached hydrogen (secondary N) is 1. The summed E-state index contributed by atoms with van der Waals surface area (Å²) in [6.45, 7) is 9.71. The van der Waals surface area contributed by atoms with Gasteiger partial charge >= 0.3 is 0 Å². The Bertz CT molecular complexity index is 486. The monoisotopic (exact) mass is 271 g/mol. The first-order valence-electron chi connectivity index (χ1n) is 8.32. The van der Waals surface area contributed by atoms with Crippen molar-refractivity contribution in [2.45, 2.75) is 65.8 Å². The maximum absolute atomic E-state index is 3.96. The normalized spacial score (nSPS) is 34.4. The van der Waals surface area contributed by atoms with Gasteiger partial charge in [-0.1, -0.05) is 52.3 Å². The zero-order valence-corrected chi connectivity index (χ0v) is 13.5. The van der Waals surface area contributed by atoms with Gasteiger partial charge in [-0.25, -0.2) is 0 Å². The quantitative estimate of drug-likeness (QED) is 0.787. The van der Waals surface area contributed by atoms with Crippen LogP contribution in [0, 0.1) is 16.7 Å². The average Bonchev–Trinajstić information content (AvgIpc) is 2.88. The van der Waals surface area contributed by atoms with E-state index < -0.39 is 0 Å². The second kappa shape index (κ2) is 4.79. The first-order valence-corrected chi connectivity index (χ1v) is 8.32. The van der Waals surface area contributed by atoms with Gasteiger partial charge in [0.1, 0.15) is 0 Å². The molecule has 2 fully saturated rings. The Balaban J connectivity index is 1.88. The molecule has 20 heavy (non-hydrogen) atoms. The van der Waals surface area contributed by atoms with Crippen molar-refractivity contribution in [2.24, 2.45) is 16.7 Å². The Kier molecular flexibility index (Phi) is 3.35. The fourth-order valence-corrected chi connectivity index (χ4v) is 4.97. The van der Waals surface area contributed by atoms with E-state index in [1.165, 1.54) is 43.4 Å². The highest BCUT2D eigenvalue weighted by molar-refractivity contribution is 5.53. The summed E-state index contributed by atoms with van der Waals surface area (Å²) in [4.78, 5) is 0. The van der Waals surface area contributed by atoms with E-state index in [1.807, 2.05) is 0 Å². The number of aryl methyl sites for hydroxylation is 1. The van der Waals surface area contributed by atoms with E-state index in [1.54, 1.807) is 0 Å². The molecule has 0 aromatic heterocycles. The van der Waals surface area contributed by atoms with E-state index >= 15 is 0 Å². The largest absolute Gasteiger partial charge is 0.381 e. The van der Waals surface area contributed by atoms with E-state index in [9.17, 15) is 0 Å². The number of para-hydroxylation sites is 1. The number of rotatable bonds is 4. The molecule has 2 aliphatic rings. The van der Waals surface area contributed by atoms with Gasteiger partial charge in [0.25, 0.3) is 0 Å². The molecule has 0 spiro atoms. The van der Waals surface area contributed by atoms with Crippen molar-refractivity contribution in [3.05, 3.63) is 29.8 Å². The molecular weight excluding hydrogens is 242 g/mol. The van der Waals surface area contributed by atoms with Crippen molar-refractivity contribution in [1.82, 2.24) is 0 Å². The van der Waals surface area contributed by atoms with E-state index in [-0.39, 0.29) is 0 Å². The zero-order chi connectivity index (χ0) is 14.4. The minimum absolute atomic E-state index is 0.423. The third kappa shape index (κ3) is 2.06. The second-order valence-corrected chi connectivity index (χ2v) is 7.90. The summed E-state index contributed by atoms with van der Waals surface area (Å²) in [5, 5.41) is 3.96. The summed E-state index contributed by atoms with van der Waals surface area (Å²) in [6.07, 6.45) is 6.63. The third-order valence-electron chi connectivity index (χ3n) is 6.11. The van der Waals surface area contributed by atoms with Crippen LogP contribution < -0.4 is 5.32 Å². The SMILES string of the molecule is CCCc1ccccc1NC1C2(C)CCC(C2)C1(C)C. The Labute approximate surface area is 124 Å². The molecule has 0 radical (unpaired) electrons. The van der Waals surface area contributed by atoms with Crippen LogP contribution in [0.4, 0.5) is 5.69 Å². The number of anilines is 1. The van der Waals surface area contributed by atoms with Gasteiger partial charge in [0.05, 0.1) is 0 Å². The van der Waals surface area contributed by atoms with Gasteiger partial charge in [0.15, 0.2) is 0 Å². The van der Waals surface area contributed by atoms with Crippen LogP contribution in [0.25, 0.3) is 0 Å². The number of fused-ring (bicyclic) bond motifs is 2. The fourth-order valence-electron chi connectivity index (χ4n) is 4.97. The molecule has 0 aliphatic heterocycles. The molecule has 1 aromatic rings. The highest BCUT2D eigenvalue weighted by Gasteiger charge is 2.59. The van der Waals surface area contributed by atoms with Crippen LogP contribution in [-0.4, -0.2) is 6.04 Å². The van der Waals surface area contributed by atoms with Crippen molar-refractivity contribution in [1.29, 1.82) is 0 Å². The summed E-state index contributed by atoms with van der Waals surface area (Å²) in [6, 6.07) is 9.52. The lowest BCUT2D eigenvalue weighted by Crippen LogP contribution is -2.45. The maximum Gasteiger partial charge on any atom is 0.0375 e. The molecule has 0 saturated heterocycles. The average molecular weight is 271 g/mol. The third-order valence-corrected chi connectivity index (χ3v) is 6.11. The number of benzene rings is 1. The topological polar surface area (TPSA) is 12.0 Å². The summed E-state index contributed by atoms with van der Waals surface area (Å²) >= 11 is 0. The molecule has 0 heterocycles. The van der Waals surface area contributed by atoms with Gasteiger partial charge in [-0.2, -0.15) is 0 Å². The molecule has 1 N–H and O–H groups in total. The van der Waals surface area contributed by atoms with Gasteiger partial charge in [-0.3, -0.25) is 0 Å². The fraction of sp³-hybridized carbons (Fsp3) is 0.684. The summed E-state index contributed by atoms with van der Waals surface area (Å²) in [5.74, 6) is 0.906. The predicted molar refractivity (Wildman–Crippen MR) is 87.1 cm³/mol.